The van der Waals surface area contributed by atoms with E-state index in [9.17, 15) is 0 Å². The topological polar surface area (TPSA) is 0 Å². The van der Waals surface area contributed by atoms with Gasteiger partial charge in [-0.25, -0.2) is 0 Å². The van der Waals surface area contributed by atoms with Gasteiger partial charge in [0.25, 0.3) is 0 Å². The first-order valence-corrected chi connectivity index (χ1v) is 13.5. The van der Waals surface area contributed by atoms with E-state index in [0.717, 1.165) is 0 Å². The van der Waals surface area contributed by atoms with E-state index in [0.29, 0.717) is 0 Å². The van der Waals surface area contributed by atoms with Crippen molar-refractivity contribution in [3.8, 4) is 0 Å². The maximum atomic E-state index is 2.33. The zero-order valence-corrected chi connectivity index (χ0v) is 12.5. The van der Waals surface area contributed by atoms with Crippen LogP contribution < -0.4 is 5.19 Å². The molecule has 0 saturated heterocycles. The first-order chi connectivity index (χ1) is 6.04. The van der Waals surface area contributed by atoms with Crippen LogP contribution in [0.1, 0.15) is 0 Å². The SMILES string of the molecule is C[Si](C)c1ccccc1.[CH3][Ge]([CH3])[CH3]. The van der Waals surface area contributed by atoms with Gasteiger partial charge >= 0.3 is 31.6 Å². The molecule has 1 rings (SSSR count). The molecule has 0 aliphatic heterocycles. The van der Waals surface area contributed by atoms with Crippen molar-refractivity contribution in [3.05, 3.63) is 30.3 Å². The second-order valence-corrected chi connectivity index (χ2v) is 12.7. The van der Waals surface area contributed by atoms with Crippen LogP contribution in [0.2, 0.25) is 30.4 Å². The molecule has 2 radical (unpaired) electrons. The summed E-state index contributed by atoms with van der Waals surface area (Å²) < 4.78 is 0. The quantitative estimate of drug-likeness (QED) is 0.675. The van der Waals surface area contributed by atoms with Crippen molar-refractivity contribution in [2.24, 2.45) is 0 Å². The molecular formula is C11H20GeSi. The summed E-state index contributed by atoms with van der Waals surface area (Å²) in [6, 6.07) is 10.7. The molecule has 13 heavy (non-hydrogen) atoms. The van der Waals surface area contributed by atoms with Gasteiger partial charge in [0.1, 0.15) is 0 Å². The molecule has 1 aromatic carbocycles. The Labute approximate surface area is 89.1 Å². The van der Waals surface area contributed by atoms with Gasteiger partial charge in [-0.3, -0.25) is 0 Å². The van der Waals surface area contributed by atoms with E-state index in [1.807, 2.05) is 0 Å². The fraction of sp³-hybridized carbons (Fsp3) is 0.455. The molecule has 0 unspecified atom stereocenters. The first-order valence-electron chi connectivity index (χ1n) is 4.66. The summed E-state index contributed by atoms with van der Waals surface area (Å²) in [5.41, 5.74) is 0. The van der Waals surface area contributed by atoms with Crippen LogP contribution in [-0.2, 0) is 0 Å². The van der Waals surface area contributed by atoms with E-state index in [4.69, 9.17) is 0 Å². The standard InChI is InChI=1S/C8H11Si.C3H9Ge/c1-9(2)8-6-4-3-5-7-8;1-4(2)3/h3-7H,1-2H3;1-3H3. The molecule has 0 heterocycles. The van der Waals surface area contributed by atoms with Gasteiger partial charge in [-0.15, -0.1) is 0 Å². The van der Waals surface area contributed by atoms with Gasteiger partial charge in [0.05, 0.1) is 8.80 Å². The van der Waals surface area contributed by atoms with E-state index in [2.05, 4.69) is 60.7 Å². The average Bonchev–Trinajstić information content (AvgIpc) is 2.05. The second-order valence-electron chi connectivity index (χ2n) is 3.87. The molecular weight excluding hydrogens is 233 g/mol. The molecule has 2 heteroatoms. The number of benzene rings is 1. The third kappa shape index (κ3) is 8.31. The normalized spacial score (nSPS) is 9.77. The molecule has 0 aliphatic rings. The van der Waals surface area contributed by atoms with Crippen molar-refractivity contribution in [1.82, 2.24) is 0 Å². The molecule has 0 aliphatic carbocycles. The first kappa shape index (κ1) is 13.0. The number of hydrogen-bond donors (Lipinski definition) is 0. The fourth-order valence-corrected chi connectivity index (χ4v) is 1.63. The Morgan fingerprint density at radius 2 is 1.31 bits per heavy atom. The fourth-order valence-electron chi connectivity index (χ4n) is 0.771. The van der Waals surface area contributed by atoms with Gasteiger partial charge in [0.15, 0.2) is 0 Å². The van der Waals surface area contributed by atoms with Crippen LogP contribution in [0.15, 0.2) is 30.3 Å². The predicted octanol–water partition coefficient (Wildman–Crippen LogP) is 3.02. The van der Waals surface area contributed by atoms with Gasteiger partial charge in [-0.1, -0.05) is 48.6 Å². The van der Waals surface area contributed by atoms with Crippen LogP contribution in [0.3, 0.4) is 0 Å². The molecule has 0 spiro atoms. The Morgan fingerprint density at radius 1 is 0.923 bits per heavy atom. The van der Waals surface area contributed by atoms with Crippen molar-refractivity contribution in [2.45, 2.75) is 30.4 Å². The van der Waals surface area contributed by atoms with Gasteiger partial charge in [-0.2, -0.15) is 0 Å². The van der Waals surface area contributed by atoms with Crippen LogP contribution >= 0.6 is 0 Å². The van der Waals surface area contributed by atoms with E-state index in [1.165, 1.54) is 5.19 Å². The van der Waals surface area contributed by atoms with Crippen molar-refractivity contribution >= 4 is 28.3 Å². The minimum absolute atomic E-state index is 0.212. The van der Waals surface area contributed by atoms with Gasteiger partial charge in [0.2, 0.25) is 0 Å². The van der Waals surface area contributed by atoms with Crippen molar-refractivity contribution in [1.29, 1.82) is 0 Å². The number of rotatable bonds is 1. The third-order valence-corrected chi connectivity index (χ3v) is 2.84. The molecule has 0 amide bonds. The van der Waals surface area contributed by atoms with Crippen molar-refractivity contribution < 1.29 is 0 Å². The summed E-state index contributed by atoms with van der Waals surface area (Å²) in [4.78, 5) is 0. The van der Waals surface area contributed by atoms with Crippen molar-refractivity contribution in [3.63, 3.8) is 0 Å². The summed E-state index contributed by atoms with van der Waals surface area (Å²) >= 11 is -0.333. The Bertz CT molecular complexity index is 204. The molecule has 0 saturated carbocycles. The molecule has 72 valence electrons. The van der Waals surface area contributed by atoms with Gasteiger partial charge in [-0.05, 0) is 0 Å². The van der Waals surface area contributed by atoms with E-state index >= 15 is 0 Å². The zero-order valence-electron chi connectivity index (χ0n) is 9.39. The molecule has 1 aromatic rings. The minimum atomic E-state index is -0.333. The predicted molar refractivity (Wildman–Crippen MR) is 66.9 cm³/mol. The summed E-state index contributed by atoms with van der Waals surface area (Å²) in [6.07, 6.45) is 0. The van der Waals surface area contributed by atoms with Gasteiger partial charge < -0.3 is 0 Å². The third-order valence-electron chi connectivity index (χ3n) is 1.35. The average molecular weight is 253 g/mol. The summed E-state index contributed by atoms with van der Waals surface area (Å²) in [5.74, 6) is 7.00. The zero-order chi connectivity index (χ0) is 10.3. The molecule has 0 aromatic heterocycles. The molecule has 0 N–H and O–H groups in total. The van der Waals surface area contributed by atoms with Crippen LogP contribution in [0.5, 0.6) is 0 Å². The van der Waals surface area contributed by atoms with E-state index in [1.54, 1.807) is 0 Å². The number of hydrogen-bond acceptors (Lipinski definition) is 0. The monoisotopic (exact) mass is 254 g/mol. The molecule has 0 nitrogen and oxygen atoms in total. The molecule has 0 bridgehead atoms. The molecule has 0 fully saturated rings. The second kappa shape index (κ2) is 7.39. The van der Waals surface area contributed by atoms with Crippen LogP contribution in [0.4, 0.5) is 0 Å². The Hall–Kier alpha value is -0.0203. The Kier molecular flexibility index (Phi) is 7.38. The summed E-state index contributed by atoms with van der Waals surface area (Å²) in [7, 11) is -0.212. The summed E-state index contributed by atoms with van der Waals surface area (Å²) in [6.45, 7) is 4.61. The summed E-state index contributed by atoms with van der Waals surface area (Å²) in [5, 5.41) is 1.52. The molecule has 0 atom stereocenters. The van der Waals surface area contributed by atoms with Crippen LogP contribution in [0, 0.1) is 0 Å². The van der Waals surface area contributed by atoms with Crippen LogP contribution in [0.25, 0.3) is 0 Å². The maximum absolute atomic E-state index is 2.33. The van der Waals surface area contributed by atoms with E-state index in [-0.39, 0.29) is 23.1 Å². The van der Waals surface area contributed by atoms with Crippen LogP contribution in [-0.4, -0.2) is 23.1 Å². The Morgan fingerprint density at radius 3 is 1.54 bits per heavy atom. The van der Waals surface area contributed by atoms with Gasteiger partial charge in [0, 0.05) is 0 Å². The van der Waals surface area contributed by atoms with E-state index < -0.39 is 0 Å². The Balaban J connectivity index is 0.000000310. The van der Waals surface area contributed by atoms with Crippen molar-refractivity contribution in [2.75, 3.05) is 0 Å².